The van der Waals surface area contributed by atoms with E-state index in [0.29, 0.717) is 24.0 Å². The van der Waals surface area contributed by atoms with E-state index in [-0.39, 0.29) is 16.9 Å². The number of hydrogen-bond donors (Lipinski definition) is 0. The van der Waals surface area contributed by atoms with Crippen LogP contribution in [0.25, 0.3) is 0 Å². The number of fused-ring (bicyclic) bond motifs is 2. The molecule has 1 heterocycles. The zero-order valence-electron chi connectivity index (χ0n) is 16.8. The number of nitrogens with zero attached hydrogens (tertiary/aromatic N) is 1. The minimum atomic E-state index is -3.48. The molecule has 2 unspecified atom stereocenters. The number of benzene rings is 1. The molecule has 2 fully saturated rings. The van der Waals surface area contributed by atoms with Gasteiger partial charge >= 0.3 is 0 Å². The van der Waals surface area contributed by atoms with Crippen molar-refractivity contribution in [2.45, 2.75) is 71.2 Å². The molecule has 1 aliphatic heterocycles. The van der Waals surface area contributed by atoms with Crippen LogP contribution in [0.5, 0.6) is 5.75 Å². The Morgan fingerprint density at radius 1 is 1.19 bits per heavy atom. The van der Waals surface area contributed by atoms with Crippen molar-refractivity contribution < 1.29 is 13.2 Å². The number of unbranched alkanes of at least 4 members (excludes halogenated alkanes) is 1. The normalized spacial score (nSPS) is 31.1. The molecule has 1 aromatic rings. The summed E-state index contributed by atoms with van der Waals surface area (Å²) >= 11 is 0. The van der Waals surface area contributed by atoms with E-state index in [2.05, 4.69) is 34.6 Å². The fourth-order valence-electron chi connectivity index (χ4n) is 5.00. The lowest BCUT2D eigenvalue weighted by Gasteiger charge is -2.44. The van der Waals surface area contributed by atoms with E-state index in [0.717, 1.165) is 31.4 Å². The van der Waals surface area contributed by atoms with Gasteiger partial charge in [-0.15, -0.1) is 0 Å². The summed E-state index contributed by atoms with van der Waals surface area (Å²) in [7, 11) is -3.48. The zero-order valence-corrected chi connectivity index (χ0v) is 17.6. The molecule has 1 aliphatic carbocycles. The largest absolute Gasteiger partial charge is 0.494 e. The Labute approximate surface area is 159 Å². The molecule has 5 heteroatoms. The van der Waals surface area contributed by atoms with Gasteiger partial charge in [0.2, 0.25) is 10.0 Å². The first kappa shape index (κ1) is 19.7. The lowest BCUT2D eigenvalue weighted by molar-refractivity contribution is 0.0760. The van der Waals surface area contributed by atoms with Crippen LogP contribution >= 0.6 is 0 Å². The molecule has 1 saturated carbocycles. The van der Waals surface area contributed by atoms with Crippen molar-refractivity contribution >= 4 is 10.0 Å². The van der Waals surface area contributed by atoms with Crippen molar-refractivity contribution in [2.75, 3.05) is 13.2 Å². The standard InChI is InChI=1S/C21H33NO3S/c1-6-7-12-25-17-8-10-18(11-9-17)26(23,24)22-15-21(5)14-20(3,4)13-19(22)16(21)2/h8-11,16,19H,6-7,12-15H2,1-5H3/t16-,19?,21?/m0/s1. The van der Waals surface area contributed by atoms with E-state index >= 15 is 0 Å². The van der Waals surface area contributed by atoms with Crippen LogP contribution in [0.2, 0.25) is 0 Å². The Bertz CT molecular complexity index is 741. The maximum Gasteiger partial charge on any atom is 0.243 e. The average molecular weight is 380 g/mol. The molecule has 1 saturated heterocycles. The first-order chi connectivity index (χ1) is 12.1. The van der Waals surface area contributed by atoms with Crippen LogP contribution in [0.3, 0.4) is 0 Å². The summed E-state index contributed by atoms with van der Waals surface area (Å²) in [5, 5.41) is 0. The molecule has 4 nitrogen and oxygen atoms in total. The molecule has 0 aromatic heterocycles. The summed E-state index contributed by atoms with van der Waals surface area (Å²) in [6, 6.07) is 7.03. The molecule has 2 bridgehead atoms. The van der Waals surface area contributed by atoms with Crippen LogP contribution in [0.1, 0.15) is 60.3 Å². The summed E-state index contributed by atoms with van der Waals surface area (Å²) in [6.07, 6.45) is 4.09. The highest BCUT2D eigenvalue weighted by Crippen LogP contribution is 2.56. The monoisotopic (exact) mass is 379 g/mol. The van der Waals surface area contributed by atoms with Crippen LogP contribution in [0.4, 0.5) is 0 Å². The number of ether oxygens (including phenoxy) is 1. The molecule has 0 amide bonds. The second-order valence-electron chi connectivity index (χ2n) is 9.28. The van der Waals surface area contributed by atoms with Crippen molar-refractivity contribution in [3.63, 3.8) is 0 Å². The highest BCUT2D eigenvalue weighted by molar-refractivity contribution is 7.89. The van der Waals surface area contributed by atoms with Gasteiger partial charge in [0.05, 0.1) is 11.5 Å². The fraction of sp³-hybridized carbons (Fsp3) is 0.714. The molecule has 146 valence electrons. The van der Waals surface area contributed by atoms with Crippen molar-refractivity contribution in [3.8, 4) is 5.75 Å². The van der Waals surface area contributed by atoms with Gasteiger partial charge in [0.1, 0.15) is 5.75 Å². The predicted molar refractivity (Wildman–Crippen MR) is 105 cm³/mol. The van der Waals surface area contributed by atoms with Crippen molar-refractivity contribution in [3.05, 3.63) is 24.3 Å². The van der Waals surface area contributed by atoms with E-state index in [1.807, 2.05) is 0 Å². The smallest absolute Gasteiger partial charge is 0.243 e. The van der Waals surface area contributed by atoms with Gasteiger partial charge in [-0.1, -0.05) is 41.0 Å². The summed E-state index contributed by atoms with van der Waals surface area (Å²) in [5.74, 6) is 1.13. The second kappa shape index (κ2) is 6.83. The molecule has 0 N–H and O–H groups in total. The summed E-state index contributed by atoms with van der Waals surface area (Å²) in [4.78, 5) is 0.376. The summed E-state index contributed by atoms with van der Waals surface area (Å²) in [6.45, 7) is 12.4. The first-order valence-electron chi connectivity index (χ1n) is 9.84. The maximum absolute atomic E-state index is 13.3. The van der Waals surface area contributed by atoms with Crippen LogP contribution in [0.15, 0.2) is 29.2 Å². The first-order valence-corrected chi connectivity index (χ1v) is 11.3. The van der Waals surface area contributed by atoms with Gasteiger partial charge < -0.3 is 4.74 Å². The molecular formula is C21H33NO3S. The van der Waals surface area contributed by atoms with E-state index in [1.54, 1.807) is 28.6 Å². The molecule has 1 aromatic carbocycles. The van der Waals surface area contributed by atoms with Crippen molar-refractivity contribution in [2.24, 2.45) is 16.7 Å². The minimum Gasteiger partial charge on any atom is -0.494 e. The number of rotatable bonds is 6. The van der Waals surface area contributed by atoms with Gasteiger partial charge in [-0.25, -0.2) is 8.42 Å². The Kier molecular flexibility index (Phi) is 5.17. The minimum absolute atomic E-state index is 0.0582. The van der Waals surface area contributed by atoms with E-state index in [4.69, 9.17) is 4.74 Å². The zero-order chi connectivity index (χ0) is 19.2. The van der Waals surface area contributed by atoms with Gasteiger partial charge in [-0.2, -0.15) is 4.31 Å². The highest BCUT2D eigenvalue weighted by atomic mass is 32.2. The van der Waals surface area contributed by atoms with E-state index in [9.17, 15) is 8.42 Å². The molecule has 3 rings (SSSR count). The average Bonchev–Trinajstić information content (AvgIpc) is 2.72. The molecule has 2 aliphatic rings. The Morgan fingerprint density at radius 3 is 2.46 bits per heavy atom. The van der Waals surface area contributed by atoms with Crippen molar-refractivity contribution in [1.29, 1.82) is 0 Å². The maximum atomic E-state index is 13.3. The van der Waals surface area contributed by atoms with Gasteiger partial charge in [-0.3, -0.25) is 0 Å². The Morgan fingerprint density at radius 2 is 1.85 bits per heavy atom. The highest BCUT2D eigenvalue weighted by Gasteiger charge is 2.57. The van der Waals surface area contributed by atoms with Crippen LogP contribution < -0.4 is 4.74 Å². The Hall–Kier alpha value is -1.07. The third-order valence-electron chi connectivity index (χ3n) is 6.40. The van der Waals surface area contributed by atoms with Crippen LogP contribution in [0, 0.1) is 16.7 Å². The number of sulfonamides is 1. The molecule has 3 atom stereocenters. The molecular weight excluding hydrogens is 346 g/mol. The summed E-state index contributed by atoms with van der Waals surface area (Å²) < 4.78 is 34.1. The van der Waals surface area contributed by atoms with E-state index in [1.165, 1.54) is 0 Å². The molecule has 0 radical (unpaired) electrons. The summed E-state index contributed by atoms with van der Waals surface area (Å²) in [5.41, 5.74) is 0.246. The number of hydrogen-bond acceptors (Lipinski definition) is 3. The lowest BCUT2D eigenvalue weighted by atomic mass is 9.60. The quantitative estimate of drug-likeness (QED) is 0.673. The van der Waals surface area contributed by atoms with Gasteiger partial charge in [0.25, 0.3) is 0 Å². The van der Waals surface area contributed by atoms with Gasteiger partial charge in [0, 0.05) is 12.6 Å². The molecule has 0 spiro atoms. The predicted octanol–water partition coefficient (Wildman–Crippen LogP) is 4.70. The van der Waals surface area contributed by atoms with Crippen LogP contribution in [-0.4, -0.2) is 31.9 Å². The lowest BCUT2D eigenvalue weighted by Crippen LogP contribution is -2.42. The second-order valence-corrected chi connectivity index (χ2v) is 11.2. The van der Waals surface area contributed by atoms with E-state index < -0.39 is 10.0 Å². The fourth-order valence-corrected chi connectivity index (χ4v) is 6.83. The van der Waals surface area contributed by atoms with Crippen molar-refractivity contribution in [1.82, 2.24) is 4.31 Å². The Balaban J connectivity index is 1.82. The third-order valence-corrected chi connectivity index (χ3v) is 8.29. The van der Waals surface area contributed by atoms with Crippen LogP contribution in [-0.2, 0) is 10.0 Å². The van der Waals surface area contributed by atoms with Gasteiger partial charge in [0.15, 0.2) is 0 Å². The van der Waals surface area contributed by atoms with Gasteiger partial charge in [-0.05, 0) is 60.3 Å². The molecule has 26 heavy (non-hydrogen) atoms. The third kappa shape index (κ3) is 3.53. The SMILES string of the molecule is CCCCOc1ccc(S(=O)(=O)N2CC3(C)CC(C)(C)CC2[C@@H]3C)cc1. The topological polar surface area (TPSA) is 46.6 Å².